The van der Waals surface area contributed by atoms with Crippen LogP contribution in [-0.4, -0.2) is 46.9 Å². The zero-order valence-corrected chi connectivity index (χ0v) is 35.7. The highest BCUT2D eigenvalue weighted by Crippen LogP contribution is 2.18. The summed E-state index contributed by atoms with van der Waals surface area (Å²) in [5, 5.41) is 23.5. The van der Waals surface area contributed by atoms with E-state index in [0.717, 1.165) is 70.6 Å². The molecule has 0 heterocycles. The smallest absolute Gasteiger partial charge is 0.306 e. The Labute approximate surface area is 329 Å². The summed E-state index contributed by atoms with van der Waals surface area (Å²) in [5.74, 6) is -0.483. The van der Waals surface area contributed by atoms with Crippen LogP contribution >= 0.6 is 0 Å². The molecule has 314 valence electrons. The van der Waals surface area contributed by atoms with Crippen molar-refractivity contribution >= 4 is 11.9 Å². The molecular formula is C47H91NO5. The first-order valence-corrected chi connectivity index (χ1v) is 23.4. The molecule has 0 aromatic carbocycles. The number of esters is 1. The monoisotopic (exact) mass is 750 g/mol. The average molecular weight is 750 g/mol. The molecule has 53 heavy (non-hydrogen) atoms. The van der Waals surface area contributed by atoms with Crippen LogP contribution < -0.4 is 5.32 Å². The van der Waals surface area contributed by atoms with Crippen molar-refractivity contribution in [2.24, 2.45) is 0 Å². The molecule has 0 aliphatic heterocycles. The van der Waals surface area contributed by atoms with Crippen LogP contribution in [0.4, 0.5) is 0 Å². The summed E-state index contributed by atoms with van der Waals surface area (Å²) in [4.78, 5) is 25.9. The van der Waals surface area contributed by atoms with E-state index in [4.69, 9.17) is 4.74 Å². The molecule has 1 amide bonds. The highest BCUT2D eigenvalue weighted by atomic mass is 16.5. The summed E-state index contributed by atoms with van der Waals surface area (Å²) in [6.07, 6.45) is 44.3. The van der Waals surface area contributed by atoms with Gasteiger partial charge in [0.1, 0.15) is 6.10 Å². The third kappa shape index (κ3) is 37.3. The molecule has 0 aromatic heterocycles. The molecule has 0 rings (SSSR count). The van der Waals surface area contributed by atoms with Crippen LogP contribution in [0.2, 0.25) is 0 Å². The van der Waals surface area contributed by atoms with E-state index >= 15 is 0 Å². The van der Waals surface area contributed by atoms with E-state index in [1.54, 1.807) is 0 Å². The molecule has 0 saturated carbocycles. The fourth-order valence-electron chi connectivity index (χ4n) is 7.26. The average Bonchev–Trinajstić information content (AvgIpc) is 3.15. The summed E-state index contributed by atoms with van der Waals surface area (Å²) < 4.78 is 5.88. The van der Waals surface area contributed by atoms with E-state index in [0.29, 0.717) is 19.3 Å². The molecule has 0 saturated heterocycles. The number of unbranched alkanes of at least 4 members (excludes halogenated alkanes) is 28. The molecule has 6 nitrogen and oxygen atoms in total. The number of ether oxygens (including phenoxy) is 1. The minimum atomic E-state index is -0.782. The van der Waals surface area contributed by atoms with E-state index in [1.807, 2.05) is 0 Å². The molecule has 0 spiro atoms. The number of carbonyl (C=O) groups is 2. The zero-order valence-electron chi connectivity index (χ0n) is 35.7. The van der Waals surface area contributed by atoms with Crippen LogP contribution in [0.3, 0.4) is 0 Å². The number of hydrogen-bond acceptors (Lipinski definition) is 5. The van der Waals surface area contributed by atoms with Crippen LogP contribution in [0.15, 0.2) is 12.2 Å². The van der Waals surface area contributed by atoms with E-state index < -0.39 is 18.2 Å². The van der Waals surface area contributed by atoms with Gasteiger partial charge in [-0.25, -0.2) is 0 Å². The first kappa shape index (κ1) is 51.6. The zero-order chi connectivity index (χ0) is 38.9. The van der Waals surface area contributed by atoms with Gasteiger partial charge in [-0.05, 0) is 44.9 Å². The molecule has 3 unspecified atom stereocenters. The Hall–Kier alpha value is -1.40. The van der Waals surface area contributed by atoms with Crippen LogP contribution in [0.1, 0.15) is 252 Å². The van der Waals surface area contributed by atoms with Gasteiger partial charge in [-0.3, -0.25) is 9.59 Å². The number of rotatable bonds is 42. The van der Waals surface area contributed by atoms with Gasteiger partial charge in [0.25, 0.3) is 0 Å². The second kappa shape index (κ2) is 41.8. The minimum Gasteiger partial charge on any atom is -0.462 e. The first-order valence-electron chi connectivity index (χ1n) is 23.4. The second-order valence-electron chi connectivity index (χ2n) is 16.2. The van der Waals surface area contributed by atoms with Crippen molar-refractivity contribution in [3.05, 3.63) is 12.2 Å². The highest BCUT2D eigenvalue weighted by Gasteiger charge is 2.24. The van der Waals surface area contributed by atoms with Gasteiger partial charge in [-0.1, -0.05) is 206 Å². The van der Waals surface area contributed by atoms with Crippen molar-refractivity contribution < 1.29 is 24.5 Å². The predicted octanol–water partition coefficient (Wildman–Crippen LogP) is 13.4. The van der Waals surface area contributed by atoms with Gasteiger partial charge in [0, 0.05) is 6.42 Å². The number of aliphatic hydroxyl groups is 2. The molecule has 6 heteroatoms. The number of allylic oxidation sites excluding steroid dienone is 2. The van der Waals surface area contributed by atoms with Gasteiger partial charge in [-0.15, -0.1) is 0 Å². The van der Waals surface area contributed by atoms with Crippen molar-refractivity contribution in [3.8, 4) is 0 Å². The second-order valence-corrected chi connectivity index (χ2v) is 16.2. The standard InChI is InChI=1S/C47H91NO5/c1-4-7-10-13-16-19-20-21-22-23-24-25-26-28-31-34-37-40-47(52)53-43(38-35-32-29-18-15-12-9-6-3)41-46(51)48-44(42-49)45(50)39-36-33-30-27-17-14-11-8-5-2/h12,15,43-45,49-50H,4-11,13-14,16-42H2,1-3H3,(H,48,51)/b15-12-. The normalized spacial score (nSPS) is 13.4. The predicted molar refractivity (Wildman–Crippen MR) is 227 cm³/mol. The summed E-state index contributed by atoms with van der Waals surface area (Å²) in [7, 11) is 0. The van der Waals surface area contributed by atoms with Crippen molar-refractivity contribution in [2.45, 2.75) is 270 Å². The number of nitrogens with one attached hydrogen (secondary N) is 1. The maximum absolute atomic E-state index is 13.1. The lowest BCUT2D eigenvalue weighted by Crippen LogP contribution is -2.46. The largest absolute Gasteiger partial charge is 0.462 e. The van der Waals surface area contributed by atoms with Crippen LogP contribution in [0.25, 0.3) is 0 Å². The fourth-order valence-corrected chi connectivity index (χ4v) is 7.26. The van der Waals surface area contributed by atoms with E-state index in [1.165, 1.54) is 135 Å². The Morgan fingerprint density at radius 3 is 1.42 bits per heavy atom. The van der Waals surface area contributed by atoms with Gasteiger partial charge < -0.3 is 20.3 Å². The molecule has 3 N–H and O–H groups in total. The van der Waals surface area contributed by atoms with Crippen LogP contribution in [-0.2, 0) is 14.3 Å². The van der Waals surface area contributed by atoms with E-state index in [-0.39, 0.29) is 24.9 Å². The Morgan fingerprint density at radius 2 is 0.943 bits per heavy atom. The summed E-state index contributed by atoms with van der Waals surface area (Å²) >= 11 is 0. The Kier molecular flexibility index (Phi) is 40.7. The Morgan fingerprint density at radius 1 is 0.528 bits per heavy atom. The molecule has 0 aliphatic carbocycles. The number of carbonyl (C=O) groups excluding carboxylic acids is 2. The molecule has 3 atom stereocenters. The third-order valence-corrected chi connectivity index (χ3v) is 10.8. The number of hydrogen-bond donors (Lipinski definition) is 3. The van der Waals surface area contributed by atoms with E-state index in [9.17, 15) is 19.8 Å². The van der Waals surface area contributed by atoms with Crippen LogP contribution in [0.5, 0.6) is 0 Å². The quantitative estimate of drug-likeness (QED) is 0.0328. The van der Waals surface area contributed by atoms with Gasteiger partial charge in [-0.2, -0.15) is 0 Å². The van der Waals surface area contributed by atoms with Crippen molar-refractivity contribution in [3.63, 3.8) is 0 Å². The fraction of sp³-hybridized carbons (Fsp3) is 0.915. The van der Waals surface area contributed by atoms with Crippen molar-refractivity contribution in [2.75, 3.05) is 6.61 Å². The molecule has 0 radical (unpaired) electrons. The van der Waals surface area contributed by atoms with Gasteiger partial charge in [0.05, 0.1) is 25.2 Å². The minimum absolute atomic E-state index is 0.0719. The van der Waals surface area contributed by atoms with Gasteiger partial charge in [0.15, 0.2) is 0 Å². The number of aliphatic hydroxyl groups excluding tert-OH is 2. The van der Waals surface area contributed by atoms with Crippen LogP contribution in [0, 0.1) is 0 Å². The molecule has 0 fully saturated rings. The summed E-state index contributed by atoms with van der Waals surface area (Å²) in [5.41, 5.74) is 0. The maximum Gasteiger partial charge on any atom is 0.306 e. The molecule has 0 aliphatic rings. The highest BCUT2D eigenvalue weighted by molar-refractivity contribution is 5.77. The molecule has 0 aromatic rings. The van der Waals surface area contributed by atoms with Crippen molar-refractivity contribution in [1.29, 1.82) is 0 Å². The summed E-state index contributed by atoms with van der Waals surface area (Å²) in [6.45, 7) is 6.39. The molecular weight excluding hydrogens is 659 g/mol. The number of amides is 1. The Balaban J connectivity index is 4.39. The topological polar surface area (TPSA) is 95.9 Å². The lowest BCUT2D eigenvalue weighted by molar-refractivity contribution is -0.151. The molecule has 0 bridgehead atoms. The Bertz CT molecular complexity index is 802. The summed E-state index contributed by atoms with van der Waals surface area (Å²) in [6, 6.07) is -0.697. The lowest BCUT2D eigenvalue weighted by Gasteiger charge is -2.24. The maximum atomic E-state index is 13.1. The van der Waals surface area contributed by atoms with E-state index in [2.05, 4.69) is 38.2 Å². The van der Waals surface area contributed by atoms with Gasteiger partial charge in [0.2, 0.25) is 5.91 Å². The first-order chi connectivity index (χ1) is 26.0. The van der Waals surface area contributed by atoms with Gasteiger partial charge >= 0.3 is 5.97 Å². The lowest BCUT2D eigenvalue weighted by atomic mass is 10.0. The SMILES string of the molecule is CCC/C=C\CCCCCC(CC(=O)NC(CO)C(O)CCCCCCCCCCC)OC(=O)CCCCCCCCCCCCCCCCCCC. The van der Waals surface area contributed by atoms with Crippen molar-refractivity contribution in [1.82, 2.24) is 5.32 Å². The third-order valence-electron chi connectivity index (χ3n) is 10.8.